The summed E-state index contributed by atoms with van der Waals surface area (Å²) in [5.41, 5.74) is 2.41. The Kier molecular flexibility index (Phi) is 5.92. The largest absolute Gasteiger partial charge is 0.372 e. The van der Waals surface area contributed by atoms with Gasteiger partial charge in [0.05, 0.1) is 11.3 Å². The van der Waals surface area contributed by atoms with Gasteiger partial charge in [0.15, 0.2) is 0 Å². The van der Waals surface area contributed by atoms with E-state index in [1.54, 1.807) is 6.07 Å². The van der Waals surface area contributed by atoms with Crippen LogP contribution in [-0.4, -0.2) is 45.7 Å². The number of rotatable bonds is 8. The van der Waals surface area contributed by atoms with Gasteiger partial charge in [-0.1, -0.05) is 30.3 Å². The van der Waals surface area contributed by atoms with Crippen LogP contribution in [0.25, 0.3) is 5.69 Å². The second-order valence-corrected chi connectivity index (χ2v) is 5.80. The summed E-state index contributed by atoms with van der Waals surface area (Å²) in [6.45, 7) is 4.55. The van der Waals surface area contributed by atoms with Crippen LogP contribution in [0.1, 0.15) is 23.7 Å². The molecule has 0 aliphatic carbocycles. The van der Waals surface area contributed by atoms with Gasteiger partial charge >= 0.3 is 0 Å². The topological polar surface area (TPSA) is 75.9 Å². The number of nitrogens with zero attached hydrogens (tertiary/aromatic N) is 5. The first-order valence-electron chi connectivity index (χ1n) is 8.70. The first-order valence-corrected chi connectivity index (χ1v) is 8.70. The van der Waals surface area contributed by atoms with Gasteiger partial charge in [-0.05, 0) is 48.0 Å². The number of amides is 1. The Morgan fingerprint density at radius 2 is 1.88 bits per heavy atom. The van der Waals surface area contributed by atoms with Gasteiger partial charge in [-0.15, -0.1) is 5.10 Å². The molecule has 3 aromatic rings. The van der Waals surface area contributed by atoms with Crippen LogP contribution in [0.5, 0.6) is 0 Å². The van der Waals surface area contributed by atoms with E-state index in [4.69, 9.17) is 0 Å². The lowest BCUT2D eigenvalue weighted by molar-refractivity contribution is 0.0953. The van der Waals surface area contributed by atoms with Gasteiger partial charge in [-0.25, -0.2) is 0 Å². The number of nitrogens with one attached hydrogen (secondary N) is 1. The van der Waals surface area contributed by atoms with E-state index in [9.17, 15) is 4.79 Å². The molecule has 7 heteroatoms. The number of carbonyl (C=O) groups is 1. The number of carbonyl (C=O) groups excluding carboxylic acids is 1. The summed E-state index contributed by atoms with van der Waals surface area (Å²) in [5, 5.41) is 14.1. The van der Waals surface area contributed by atoms with E-state index < -0.39 is 0 Å². The molecule has 1 aromatic heterocycles. The maximum Gasteiger partial charge on any atom is 0.253 e. The fourth-order valence-electron chi connectivity index (χ4n) is 2.81. The molecule has 0 unspecified atom stereocenters. The summed E-state index contributed by atoms with van der Waals surface area (Å²) in [4.78, 5) is 14.8. The van der Waals surface area contributed by atoms with Gasteiger partial charge in [0.2, 0.25) is 0 Å². The zero-order valence-electron chi connectivity index (χ0n) is 14.7. The van der Waals surface area contributed by atoms with Crippen molar-refractivity contribution >= 4 is 11.6 Å². The molecule has 0 spiro atoms. The summed E-state index contributed by atoms with van der Waals surface area (Å²) in [5.74, 6) is -0.126. The van der Waals surface area contributed by atoms with Crippen LogP contribution in [-0.2, 0) is 0 Å². The monoisotopic (exact) mass is 350 g/mol. The quantitative estimate of drug-likeness (QED) is 0.631. The van der Waals surface area contributed by atoms with Crippen LogP contribution in [0.3, 0.4) is 0 Å². The van der Waals surface area contributed by atoms with Crippen molar-refractivity contribution in [1.82, 2.24) is 25.5 Å². The molecule has 1 N–H and O–H groups in total. The highest BCUT2D eigenvalue weighted by Crippen LogP contribution is 2.14. The Morgan fingerprint density at radius 3 is 2.62 bits per heavy atom. The van der Waals surface area contributed by atoms with E-state index in [0.717, 1.165) is 19.5 Å². The fourth-order valence-corrected chi connectivity index (χ4v) is 2.81. The standard InChI is InChI=1S/C19H22N6O/c1-2-24(16-9-4-3-5-10-16)14-8-13-20-19(26)17-11-6-7-12-18(17)25-15-21-22-23-25/h3-7,9-12,15H,2,8,13-14H2,1H3,(H,20,26). The molecular formula is C19H22N6O. The SMILES string of the molecule is CCN(CCCNC(=O)c1ccccc1-n1cnnn1)c1ccccc1. The third kappa shape index (κ3) is 4.24. The van der Waals surface area contributed by atoms with Gasteiger partial charge in [-0.2, -0.15) is 4.68 Å². The van der Waals surface area contributed by atoms with Crippen molar-refractivity contribution in [3.8, 4) is 5.69 Å². The highest BCUT2D eigenvalue weighted by atomic mass is 16.1. The number of benzene rings is 2. The zero-order valence-corrected chi connectivity index (χ0v) is 14.7. The smallest absolute Gasteiger partial charge is 0.253 e. The lowest BCUT2D eigenvalue weighted by Gasteiger charge is -2.23. The molecule has 0 saturated heterocycles. The lowest BCUT2D eigenvalue weighted by atomic mass is 10.1. The molecule has 7 nitrogen and oxygen atoms in total. The van der Waals surface area contributed by atoms with Crippen molar-refractivity contribution in [3.63, 3.8) is 0 Å². The van der Waals surface area contributed by atoms with Crippen LogP contribution in [0.15, 0.2) is 60.9 Å². The number of aromatic nitrogens is 4. The third-order valence-corrected chi connectivity index (χ3v) is 4.14. The molecule has 3 rings (SSSR count). The summed E-state index contributed by atoms with van der Waals surface area (Å²) >= 11 is 0. The minimum atomic E-state index is -0.126. The number of para-hydroxylation sites is 2. The number of hydrogen-bond donors (Lipinski definition) is 1. The molecule has 26 heavy (non-hydrogen) atoms. The summed E-state index contributed by atoms with van der Waals surface area (Å²) in [6.07, 6.45) is 2.34. The summed E-state index contributed by atoms with van der Waals surface area (Å²) < 4.78 is 1.49. The minimum absolute atomic E-state index is 0.126. The van der Waals surface area contributed by atoms with Gasteiger partial charge < -0.3 is 10.2 Å². The normalized spacial score (nSPS) is 10.5. The fraction of sp³-hybridized carbons (Fsp3) is 0.263. The molecule has 1 heterocycles. The molecule has 0 fully saturated rings. The van der Waals surface area contributed by atoms with Gasteiger partial charge in [0.1, 0.15) is 6.33 Å². The Labute approximate surface area is 152 Å². The molecule has 134 valence electrons. The van der Waals surface area contributed by atoms with Crippen molar-refractivity contribution in [2.75, 3.05) is 24.5 Å². The molecule has 1 amide bonds. The van der Waals surface area contributed by atoms with Gasteiger partial charge in [-0.3, -0.25) is 4.79 Å². The maximum absolute atomic E-state index is 12.5. The second kappa shape index (κ2) is 8.75. The average Bonchev–Trinajstić information content (AvgIpc) is 3.23. The van der Waals surface area contributed by atoms with E-state index in [1.165, 1.54) is 16.7 Å². The van der Waals surface area contributed by atoms with Gasteiger partial charge in [0, 0.05) is 25.3 Å². The molecule has 0 saturated carbocycles. The lowest BCUT2D eigenvalue weighted by Crippen LogP contribution is -2.30. The van der Waals surface area contributed by atoms with Crippen molar-refractivity contribution in [1.29, 1.82) is 0 Å². The minimum Gasteiger partial charge on any atom is -0.372 e. The molecule has 2 aromatic carbocycles. The average molecular weight is 350 g/mol. The van der Waals surface area contributed by atoms with Crippen molar-refractivity contribution in [3.05, 3.63) is 66.5 Å². The van der Waals surface area contributed by atoms with Crippen molar-refractivity contribution in [2.24, 2.45) is 0 Å². The Balaban J connectivity index is 1.55. The molecule has 0 radical (unpaired) electrons. The van der Waals surface area contributed by atoms with Crippen LogP contribution >= 0.6 is 0 Å². The molecule has 0 aliphatic rings. The number of anilines is 1. The van der Waals surface area contributed by atoms with E-state index in [1.807, 2.05) is 36.4 Å². The van der Waals surface area contributed by atoms with Crippen molar-refractivity contribution in [2.45, 2.75) is 13.3 Å². The molecular weight excluding hydrogens is 328 g/mol. The van der Waals surface area contributed by atoms with E-state index in [0.29, 0.717) is 17.8 Å². The van der Waals surface area contributed by atoms with Crippen LogP contribution in [0, 0.1) is 0 Å². The summed E-state index contributed by atoms with van der Waals surface area (Å²) in [6, 6.07) is 17.6. The van der Waals surface area contributed by atoms with Crippen molar-refractivity contribution < 1.29 is 4.79 Å². The van der Waals surface area contributed by atoms with E-state index >= 15 is 0 Å². The van der Waals surface area contributed by atoms with Crippen LogP contribution in [0.2, 0.25) is 0 Å². The zero-order chi connectivity index (χ0) is 18.2. The van der Waals surface area contributed by atoms with Crippen LogP contribution < -0.4 is 10.2 Å². The van der Waals surface area contributed by atoms with E-state index in [-0.39, 0.29) is 5.91 Å². The first-order chi connectivity index (χ1) is 12.8. The Morgan fingerprint density at radius 1 is 1.12 bits per heavy atom. The predicted octanol–water partition coefficient (Wildman–Crippen LogP) is 2.31. The maximum atomic E-state index is 12.5. The second-order valence-electron chi connectivity index (χ2n) is 5.80. The molecule has 0 bridgehead atoms. The third-order valence-electron chi connectivity index (χ3n) is 4.14. The van der Waals surface area contributed by atoms with Gasteiger partial charge in [0.25, 0.3) is 5.91 Å². The summed E-state index contributed by atoms with van der Waals surface area (Å²) in [7, 11) is 0. The first kappa shape index (κ1) is 17.6. The predicted molar refractivity (Wildman–Crippen MR) is 100 cm³/mol. The molecule has 0 atom stereocenters. The Hall–Kier alpha value is -3.22. The highest BCUT2D eigenvalue weighted by Gasteiger charge is 2.13. The Bertz CT molecular complexity index is 819. The van der Waals surface area contributed by atoms with Crippen LogP contribution in [0.4, 0.5) is 5.69 Å². The highest BCUT2D eigenvalue weighted by molar-refractivity contribution is 5.97. The number of tetrazole rings is 1. The molecule has 0 aliphatic heterocycles. The number of hydrogen-bond acceptors (Lipinski definition) is 5. The van der Waals surface area contributed by atoms with E-state index in [2.05, 4.69) is 44.8 Å².